The Kier molecular flexibility index (Phi) is 6.15. The molecule has 0 unspecified atom stereocenters. The summed E-state index contributed by atoms with van der Waals surface area (Å²) in [5.41, 5.74) is 1.89. The van der Waals surface area contributed by atoms with Crippen LogP contribution in [0.3, 0.4) is 0 Å². The molecule has 3 heterocycles. The Labute approximate surface area is 180 Å². The molecule has 4 rings (SSSR count). The zero-order valence-electron chi connectivity index (χ0n) is 17.6. The summed E-state index contributed by atoms with van der Waals surface area (Å²) in [6.07, 6.45) is 1.61. The first-order valence-electron chi connectivity index (χ1n) is 10.2. The number of piperazine rings is 1. The summed E-state index contributed by atoms with van der Waals surface area (Å²) in [6.45, 7) is 9.59. The fourth-order valence-electron chi connectivity index (χ4n) is 3.89. The minimum Gasteiger partial charge on any atom is -0.496 e. The number of ether oxygens (including phenoxy) is 1. The van der Waals surface area contributed by atoms with Gasteiger partial charge in [0.25, 0.3) is 5.91 Å². The number of benzene rings is 1. The standard InChI is InChI=1S/C22H27N5O2S/c1-4-26-9-11-27(12-10-26)20-18-15(2)19(30-22(18)25-14-24-20)21(28)23-13-16-7-5-6-8-17(16)29-3/h5-8,14H,4,9-13H2,1-3H3,(H,23,28). The third kappa shape index (κ3) is 3.97. The molecule has 1 fully saturated rings. The van der Waals surface area contributed by atoms with Gasteiger partial charge in [-0.15, -0.1) is 11.3 Å². The molecule has 2 aromatic heterocycles. The van der Waals surface area contributed by atoms with E-state index in [9.17, 15) is 4.79 Å². The zero-order chi connectivity index (χ0) is 21.1. The lowest BCUT2D eigenvalue weighted by atomic mass is 10.1. The van der Waals surface area contributed by atoms with Crippen LogP contribution in [0.5, 0.6) is 5.75 Å². The lowest BCUT2D eigenvalue weighted by Gasteiger charge is -2.35. The van der Waals surface area contributed by atoms with Crippen LogP contribution >= 0.6 is 11.3 Å². The van der Waals surface area contributed by atoms with Gasteiger partial charge in [0.05, 0.1) is 17.4 Å². The molecule has 1 aliphatic heterocycles. The lowest BCUT2D eigenvalue weighted by molar-refractivity contribution is 0.0954. The topological polar surface area (TPSA) is 70.6 Å². The van der Waals surface area contributed by atoms with Crippen molar-refractivity contribution in [1.29, 1.82) is 0 Å². The van der Waals surface area contributed by atoms with Gasteiger partial charge in [-0.2, -0.15) is 0 Å². The van der Waals surface area contributed by atoms with Crippen molar-refractivity contribution in [3.63, 3.8) is 0 Å². The van der Waals surface area contributed by atoms with Crippen molar-refractivity contribution in [2.24, 2.45) is 0 Å². The summed E-state index contributed by atoms with van der Waals surface area (Å²) < 4.78 is 5.38. The van der Waals surface area contributed by atoms with Gasteiger partial charge in [0.2, 0.25) is 0 Å². The van der Waals surface area contributed by atoms with Gasteiger partial charge in [0.15, 0.2) is 0 Å². The summed E-state index contributed by atoms with van der Waals surface area (Å²) in [7, 11) is 1.64. The molecule has 1 aliphatic rings. The van der Waals surface area contributed by atoms with E-state index in [4.69, 9.17) is 4.74 Å². The number of methoxy groups -OCH3 is 1. The highest BCUT2D eigenvalue weighted by Gasteiger charge is 2.24. The zero-order valence-corrected chi connectivity index (χ0v) is 18.5. The predicted molar refractivity (Wildman–Crippen MR) is 121 cm³/mol. The highest BCUT2D eigenvalue weighted by molar-refractivity contribution is 7.20. The Morgan fingerprint density at radius 1 is 1.20 bits per heavy atom. The predicted octanol–water partition coefficient (Wildman–Crippen LogP) is 3.08. The number of carbonyl (C=O) groups is 1. The van der Waals surface area contributed by atoms with Crippen LogP contribution in [0.2, 0.25) is 0 Å². The number of hydrogen-bond acceptors (Lipinski definition) is 7. The summed E-state index contributed by atoms with van der Waals surface area (Å²) in [5, 5.41) is 4.02. The molecule has 0 atom stereocenters. The summed E-state index contributed by atoms with van der Waals surface area (Å²) in [4.78, 5) is 28.3. The molecule has 3 aromatic rings. The number of fused-ring (bicyclic) bond motifs is 1. The maximum Gasteiger partial charge on any atom is 0.261 e. The Morgan fingerprint density at radius 2 is 1.97 bits per heavy atom. The number of likely N-dealkylation sites (N-methyl/N-ethyl adjacent to an activating group) is 1. The molecular formula is C22H27N5O2S. The van der Waals surface area contributed by atoms with Gasteiger partial charge in [-0.3, -0.25) is 4.79 Å². The number of anilines is 1. The third-order valence-corrected chi connectivity index (χ3v) is 6.86. The second-order valence-electron chi connectivity index (χ2n) is 7.35. The van der Waals surface area contributed by atoms with Gasteiger partial charge in [-0.1, -0.05) is 25.1 Å². The molecule has 1 amide bonds. The van der Waals surface area contributed by atoms with Crippen molar-refractivity contribution in [1.82, 2.24) is 20.2 Å². The number of rotatable bonds is 6. The molecule has 30 heavy (non-hydrogen) atoms. The number of hydrogen-bond donors (Lipinski definition) is 1. The van der Waals surface area contributed by atoms with E-state index in [1.165, 1.54) is 11.3 Å². The van der Waals surface area contributed by atoms with Crippen molar-refractivity contribution in [2.45, 2.75) is 20.4 Å². The van der Waals surface area contributed by atoms with Crippen molar-refractivity contribution in [3.8, 4) is 5.75 Å². The monoisotopic (exact) mass is 425 g/mol. The van der Waals surface area contributed by atoms with E-state index in [0.717, 1.165) is 65.6 Å². The van der Waals surface area contributed by atoms with Crippen LogP contribution in [0.15, 0.2) is 30.6 Å². The van der Waals surface area contributed by atoms with Gasteiger partial charge in [-0.25, -0.2) is 9.97 Å². The van der Waals surface area contributed by atoms with Gasteiger partial charge >= 0.3 is 0 Å². The molecule has 0 saturated carbocycles. The van der Waals surface area contributed by atoms with Gasteiger partial charge < -0.3 is 19.9 Å². The van der Waals surface area contributed by atoms with Gasteiger partial charge in [-0.05, 0) is 25.1 Å². The number of nitrogens with one attached hydrogen (secondary N) is 1. The maximum atomic E-state index is 13.0. The Morgan fingerprint density at radius 3 is 2.70 bits per heavy atom. The van der Waals surface area contributed by atoms with E-state index >= 15 is 0 Å². The van der Waals surface area contributed by atoms with Crippen LogP contribution < -0.4 is 15.0 Å². The van der Waals surface area contributed by atoms with E-state index < -0.39 is 0 Å². The lowest BCUT2D eigenvalue weighted by Crippen LogP contribution is -2.46. The van der Waals surface area contributed by atoms with Crippen LogP contribution in [-0.2, 0) is 6.54 Å². The molecule has 0 radical (unpaired) electrons. The number of aromatic nitrogens is 2. The molecule has 0 bridgehead atoms. The Hall–Kier alpha value is -2.71. The number of para-hydroxylation sites is 1. The summed E-state index contributed by atoms with van der Waals surface area (Å²) in [5.74, 6) is 1.61. The Bertz CT molecular complexity index is 1040. The molecule has 1 saturated heterocycles. The van der Waals surface area contributed by atoms with Crippen LogP contribution in [0, 0.1) is 6.92 Å². The largest absolute Gasteiger partial charge is 0.496 e. The normalized spacial score (nSPS) is 14.8. The second-order valence-corrected chi connectivity index (χ2v) is 8.35. The van der Waals surface area contributed by atoms with Gasteiger partial charge in [0, 0.05) is 38.3 Å². The van der Waals surface area contributed by atoms with Gasteiger partial charge in [0.1, 0.15) is 22.7 Å². The first-order valence-corrected chi connectivity index (χ1v) is 11.1. The highest BCUT2D eigenvalue weighted by atomic mass is 32.1. The average Bonchev–Trinajstić information content (AvgIpc) is 3.14. The third-order valence-electron chi connectivity index (χ3n) is 5.66. The highest BCUT2D eigenvalue weighted by Crippen LogP contribution is 2.35. The van der Waals surface area contributed by atoms with Crippen LogP contribution in [0.25, 0.3) is 10.2 Å². The quantitative estimate of drug-likeness (QED) is 0.655. The minimum absolute atomic E-state index is 0.0943. The molecule has 0 aliphatic carbocycles. The second kappa shape index (κ2) is 8.97. The van der Waals surface area contributed by atoms with E-state index in [2.05, 4.69) is 32.0 Å². The fraction of sp³-hybridized carbons (Fsp3) is 0.409. The van der Waals surface area contributed by atoms with E-state index in [1.54, 1.807) is 13.4 Å². The smallest absolute Gasteiger partial charge is 0.261 e. The molecule has 1 N–H and O–H groups in total. The van der Waals surface area contributed by atoms with E-state index in [1.807, 2.05) is 31.2 Å². The molecule has 0 spiro atoms. The van der Waals surface area contributed by atoms with Crippen molar-refractivity contribution >= 4 is 33.3 Å². The minimum atomic E-state index is -0.0943. The first-order chi connectivity index (χ1) is 14.6. The van der Waals surface area contributed by atoms with Crippen LogP contribution in [0.1, 0.15) is 27.7 Å². The van der Waals surface area contributed by atoms with Crippen LogP contribution in [0.4, 0.5) is 5.82 Å². The number of nitrogens with zero attached hydrogens (tertiary/aromatic N) is 4. The summed E-state index contributed by atoms with van der Waals surface area (Å²) >= 11 is 1.43. The molecular weight excluding hydrogens is 398 g/mol. The SMILES string of the molecule is CCN1CCN(c2ncnc3sc(C(=O)NCc4ccccc4OC)c(C)c23)CC1. The maximum absolute atomic E-state index is 13.0. The summed E-state index contributed by atoms with van der Waals surface area (Å²) in [6, 6.07) is 7.71. The fourth-order valence-corrected chi connectivity index (χ4v) is 4.95. The number of carbonyl (C=O) groups excluding carboxylic acids is 1. The van der Waals surface area contributed by atoms with Crippen LogP contribution in [-0.4, -0.2) is 60.6 Å². The van der Waals surface area contributed by atoms with E-state index in [-0.39, 0.29) is 5.91 Å². The van der Waals surface area contributed by atoms with Crippen molar-refractivity contribution < 1.29 is 9.53 Å². The Balaban J connectivity index is 1.57. The molecule has 8 heteroatoms. The average molecular weight is 426 g/mol. The molecule has 1 aromatic carbocycles. The number of aryl methyl sites for hydroxylation is 1. The number of thiophene rings is 1. The van der Waals surface area contributed by atoms with Crippen molar-refractivity contribution in [2.75, 3.05) is 44.7 Å². The molecule has 158 valence electrons. The first kappa shape index (κ1) is 20.6. The number of amides is 1. The van der Waals surface area contributed by atoms with Crippen molar-refractivity contribution in [3.05, 3.63) is 46.6 Å². The van der Waals surface area contributed by atoms with E-state index in [0.29, 0.717) is 11.4 Å². The molecule has 7 nitrogen and oxygen atoms in total.